The molecule has 1 atom stereocenters. The lowest BCUT2D eigenvalue weighted by Crippen LogP contribution is -2.37. The molecule has 156 valence electrons. The van der Waals surface area contributed by atoms with E-state index in [1.54, 1.807) is 11.3 Å². The predicted octanol–water partition coefficient (Wildman–Crippen LogP) is 4.96. The molecule has 0 bridgehead atoms. The average Bonchev–Trinajstić information content (AvgIpc) is 3.45. The summed E-state index contributed by atoms with van der Waals surface area (Å²) >= 11 is 1.73. The summed E-state index contributed by atoms with van der Waals surface area (Å²) in [5.41, 5.74) is 3.25. The Labute approximate surface area is 182 Å². The predicted molar refractivity (Wildman–Crippen MR) is 123 cm³/mol. The van der Waals surface area contributed by atoms with Crippen LogP contribution in [0.4, 0.5) is 5.69 Å². The lowest BCUT2D eigenvalue weighted by atomic mass is 10.0. The van der Waals surface area contributed by atoms with Crippen LogP contribution in [0.25, 0.3) is 0 Å². The maximum atomic E-state index is 12.9. The summed E-state index contributed by atoms with van der Waals surface area (Å²) in [5.74, 6) is 0.0186. The lowest BCUT2D eigenvalue weighted by Gasteiger charge is -2.24. The van der Waals surface area contributed by atoms with Crippen molar-refractivity contribution < 1.29 is 9.53 Å². The number of carbonyl (C=O) groups is 1. The van der Waals surface area contributed by atoms with Crippen molar-refractivity contribution in [2.24, 2.45) is 0 Å². The fraction of sp³-hybridized carbons (Fsp3) is 0.320. The third kappa shape index (κ3) is 6.02. The summed E-state index contributed by atoms with van der Waals surface area (Å²) in [6.45, 7) is 2.75. The highest BCUT2D eigenvalue weighted by Gasteiger charge is 2.21. The Balaban J connectivity index is 1.41. The molecule has 0 radical (unpaired) electrons. The van der Waals surface area contributed by atoms with Gasteiger partial charge in [-0.3, -0.25) is 9.69 Å². The number of rotatable bonds is 9. The number of nitrogens with one attached hydrogen (secondary N) is 1. The molecule has 4 rings (SSSR count). The molecule has 1 aliphatic heterocycles. The molecule has 1 aromatic heterocycles. The number of thiophene rings is 1. The third-order valence-electron chi connectivity index (χ3n) is 5.34. The number of amides is 1. The molecule has 5 heteroatoms. The van der Waals surface area contributed by atoms with Gasteiger partial charge in [-0.25, -0.2) is 0 Å². The van der Waals surface area contributed by atoms with Gasteiger partial charge in [-0.1, -0.05) is 54.6 Å². The Morgan fingerprint density at radius 2 is 1.90 bits per heavy atom. The summed E-state index contributed by atoms with van der Waals surface area (Å²) in [6.07, 6.45) is 3.20. The van der Waals surface area contributed by atoms with Crippen molar-refractivity contribution in [3.05, 3.63) is 88.1 Å². The number of anilines is 1. The van der Waals surface area contributed by atoms with Crippen LogP contribution in [0, 0.1) is 0 Å². The van der Waals surface area contributed by atoms with Crippen molar-refractivity contribution in [3.8, 4) is 0 Å². The van der Waals surface area contributed by atoms with Crippen molar-refractivity contribution >= 4 is 22.9 Å². The van der Waals surface area contributed by atoms with Gasteiger partial charge in [-0.2, -0.15) is 0 Å². The molecule has 3 aromatic rings. The van der Waals surface area contributed by atoms with Gasteiger partial charge >= 0.3 is 0 Å². The molecule has 0 unspecified atom stereocenters. The number of ether oxygens (including phenoxy) is 1. The lowest BCUT2D eigenvalue weighted by molar-refractivity contribution is -0.117. The second kappa shape index (κ2) is 10.5. The molecule has 1 amide bonds. The molecular formula is C25H28N2O2S. The number of hydrogen-bond acceptors (Lipinski definition) is 4. The summed E-state index contributed by atoms with van der Waals surface area (Å²) < 4.78 is 5.82. The van der Waals surface area contributed by atoms with Crippen LogP contribution in [0.1, 0.15) is 28.8 Å². The molecular weight excluding hydrogens is 392 g/mol. The third-order valence-corrected chi connectivity index (χ3v) is 6.20. The normalized spacial score (nSPS) is 16.1. The first-order valence-electron chi connectivity index (χ1n) is 10.5. The number of para-hydroxylation sites is 1. The number of hydrogen-bond donors (Lipinski definition) is 1. The highest BCUT2D eigenvalue weighted by Crippen LogP contribution is 2.20. The van der Waals surface area contributed by atoms with Crippen LogP contribution >= 0.6 is 11.3 Å². The van der Waals surface area contributed by atoms with Crippen LogP contribution < -0.4 is 5.32 Å². The molecule has 4 nitrogen and oxygen atoms in total. The number of carbonyl (C=O) groups excluding carboxylic acids is 1. The zero-order valence-electron chi connectivity index (χ0n) is 17.1. The summed E-state index contributed by atoms with van der Waals surface area (Å²) in [7, 11) is 0. The standard InChI is InChI=1S/C25H28N2O2S/c28-25(19-27(17-22-11-6-14-29-22)18-23-12-7-15-30-23)26-24-13-5-4-10-21(24)16-20-8-2-1-3-9-20/h1-5,7-10,12-13,15,22H,6,11,14,16-19H2,(H,26,28)/t22-/m1/s1. The second-order valence-corrected chi connectivity index (χ2v) is 8.78. The van der Waals surface area contributed by atoms with Gasteiger partial charge in [0.05, 0.1) is 12.6 Å². The topological polar surface area (TPSA) is 41.6 Å². The Bertz CT molecular complexity index is 921. The van der Waals surface area contributed by atoms with Crippen LogP contribution in [-0.4, -0.2) is 36.6 Å². The molecule has 0 aliphatic carbocycles. The van der Waals surface area contributed by atoms with Crippen molar-refractivity contribution in [2.75, 3.05) is 25.0 Å². The van der Waals surface area contributed by atoms with E-state index in [0.717, 1.165) is 50.2 Å². The smallest absolute Gasteiger partial charge is 0.238 e. The molecule has 1 N–H and O–H groups in total. The molecule has 2 heterocycles. The second-order valence-electron chi connectivity index (χ2n) is 7.75. The van der Waals surface area contributed by atoms with E-state index in [1.165, 1.54) is 10.4 Å². The van der Waals surface area contributed by atoms with E-state index >= 15 is 0 Å². The van der Waals surface area contributed by atoms with Gasteiger partial charge in [0, 0.05) is 30.3 Å². The van der Waals surface area contributed by atoms with Crippen LogP contribution in [-0.2, 0) is 22.5 Å². The van der Waals surface area contributed by atoms with Crippen LogP contribution in [0.2, 0.25) is 0 Å². The quantitative estimate of drug-likeness (QED) is 0.532. The first kappa shape index (κ1) is 20.8. The van der Waals surface area contributed by atoms with Gasteiger partial charge < -0.3 is 10.1 Å². The zero-order chi connectivity index (χ0) is 20.6. The van der Waals surface area contributed by atoms with Gasteiger partial charge in [0.2, 0.25) is 5.91 Å². The zero-order valence-corrected chi connectivity index (χ0v) is 17.9. The molecule has 1 saturated heterocycles. The highest BCUT2D eigenvalue weighted by molar-refractivity contribution is 7.09. The monoisotopic (exact) mass is 420 g/mol. The summed E-state index contributed by atoms with van der Waals surface area (Å²) in [6, 6.07) is 22.6. The van der Waals surface area contributed by atoms with E-state index in [-0.39, 0.29) is 12.0 Å². The average molecular weight is 421 g/mol. The molecule has 1 aliphatic rings. The van der Waals surface area contributed by atoms with Crippen molar-refractivity contribution in [1.82, 2.24) is 4.90 Å². The summed E-state index contributed by atoms with van der Waals surface area (Å²) in [5, 5.41) is 5.23. The van der Waals surface area contributed by atoms with Crippen LogP contribution in [0.5, 0.6) is 0 Å². The van der Waals surface area contributed by atoms with Crippen molar-refractivity contribution in [3.63, 3.8) is 0 Å². The Hall–Kier alpha value is -2.47. The number of benzene rings is 2. The van der Waals surface area contributed by atoms with Gasteiger partial charge in [0.15, 0.2) is 0 Å². The van der Waals surface area contributed by atoms with Crippen molar-refractivity contribution in [1.29, 1.82) is 0 Å². The molecule has 30 heavy (non-hydrogen) atoms. The van der Waals surface area contributed by atoms with Gasteiger partial charge in [-0.05, 0) is 47.9 Å². The molecule has 1 fully saturated rings. The molecule has 2 aromatic carbocycles. The first-order chi connectivity index (χ1) is 14.8. The minimum Gasteiger partial charge on any atom is -0.377 e. The van der Waals surface area contributed by atoms with Crippen LogP contribution in [0.3, 0.4) is 0 Å². The number of nitrogens with zero attached hydrogens (tertiary/aromatic N) is 1. The Morgan fingerprint density at radius 3 is 2.67 bits per heavy atom. The largest absolute Gasteiger partial charge is 0.377 e. The van der Waals surface area contributed by atoms with Gasteiger partial charge in [0.25, 0.3) is 0 Å². The Morgan fingerprint density at radius 1 is 1.07 bits per heavy atom. The minimum atomic E-state index is 0.0186. The highest BCUT2D eigenvalue weighted by atomic mass is 32.1. The van der Waals surface area contributed by atoms with E-state index in [1.807, 2.05) is 36.4 Å². The van der Waals surface area contributed by atoms with Crippen molar-refractivity contribution in [2.45, 2.75) is 31.9 Å². The van der Waals surface area contributed by atoms with Crippen LogP contribution in [0.15, 0.2) is 72.1 Å². The van der Waals surface area contributed by atoms with E-state index < -0.39 is 0 Å². The van der Waals surface area contributed by atoms with Gasteiger partial charge in [0.1, 0.15) is 0 Å². The van der Waals surface area contributed by atoms with E-state index in [4.69, 9.17) is 4.74 Å². The van der Waals surface area contributed by atoms with E-state index in [9.17, 15) is 4.79 Å². The van der Waals surface area contributed by atoms with E-state index in [2.05, 4.69) is 45.9 Å². The maximum absolute atomic E-state index is 12.9. The fourth-order valence-electron chi connectivity index (χ4n) is 3.89. The van der Waals surface area contributed by atoms with Gasteiger partial charge in [-0.15, -0.1) is 11.3 Å². The summed E-state index contributed by atoms with van der Waals surface area (Å²) in [4.78, 5) is 16.4. The minimum absolute atomic E-state index is 0.0186. The maximum Gasteiger partial charge on any atom is 0.238 e. The molecule has 0 spiro atoms. The Kier molecular flexibility index (Phi) is 7.29. The molecule has 0 saturated carbocycles. The SMILES string of the molecule is O=C(CN(Cc1cccs1)C[C@H]1CCCO1)Nc1ccccc1Cc1ccccc1. The first-order valence-corrected chi connectivity index (χ1v) is 11.4. The fourth-order valence-corrected chi connectivity index (χ4v) is 4.64. The van der Waals surface area contributed by atoms with E-state index in [0.29, 0.717) is 6.54 Å².